The first kappa shape index (κ1) is 18.3. The van der Waals surface area contributed by atoms with Crippen LogP contribution in [0.2, 0.25) is 10.0 Å². The molecule has 1 N–H and O–H groups in total. The van der Waals surface area contributed by atoms with Gasteiger partial charge < -0.3 is 10.1 Å². The van der Waals surface area contributed by atoms with Crippen LogP contribution in [0.4, 0.5) is 13.2 Å². The van der Waals surface area contributed by atoms with Crippen LogP contribution in [0.25, 0.3) is 0 Å². The Hall–Kier alpha value is -1.50. The van der Waals surface area contributed by atoms with Crippen LogP contribution in [0, 0.1) is 5.92 Å². The molecule has 134 valence electrons. The zero-order valence-corrected chi connectivity index (χ0v) is 14.5. The van der Waals surface area contributed by atoms with Gasteiger partial charge in [0.25, 0.3) is 0 Å². The Morgan fingerprint density at radius 1 is 1.16 bits per heavy atom. The zero-order valence-electron chi connectivity index (χ0n) is 13.0. The molecular formula is C17H15Cl2F3N2O. The van der Waals surface area contributed by atoms with Crippen molar-refractivity contribution in [3.05, 3.63) is 57.8 Å². The number of hydrogen-bond donors (Lipinski definition) is 1. The topological polar surface area (TPSA) is 34.1 Å². The van der Waals surface area contributed by atoms with Crippen molar-refractivity contribution < 1.29 is 17.9 Å². The van der Waals surface area contributed by atoms with Gasteiger partial charge in [0.15, 0.2) is 0 Å². The maximum atomic E-state index is 13.3. The van der Waals surface area contributed by atoms with Gasteiger partial charge in [-0.2, -0.15) is 13.2 Å². The van der Waals surface area contributed by atoms with E-state index in [0.29, 0.717) is 17.1 Å². The molecule has 8 heteroatoms. The summed E-state index contributed by atoms with van der Waals surface area (Å²) in [5.41, 5.74) is -0.254. The van der Waals surface area contributed by atoms with E-state index in [1.54, 1.807) is 12.3 Å². The van der Waals surface area contributed by atoms with Gasteiger partial charge in [-0.05, 0) is 37.2 Å². The number of nitrogens with zero attached hydrogens (tertiary/aromatic N) is 1. The van der Waals surface area contributed by atoms with Gasteiger partial charge in [0.1, 0.15) is 11.9 Å². The van der Waals surface area contributed by atoms with Crippen LogP contribution in [-0.2, 0) is 6.18 Å². The summed E-state index contributed by atoms with van der Waals surface area (Å²) >= 11 is 11.7. The summed E-state index contributed by atoms with van der Waals surface area (Å²) in [6, 6.07) is 5.17. The SMILES string of the molecule is FC(F)(F)c1cc(Cl)ccc1O[C@H](c1cncc(Cl)c1)[C@@H]1CCNC1. The molecule has 2 atom stereocenters. The van der Waals surface area contributed by atoms with E-state index in [1.807, 2.05) is 0 Å². The predicted molar refractivity (Wildman–Crippen MR) is 90.0 cm³/mol. The number of nitrogens with one attached hydrogen (secondary N) is 1. The van der Waals surface area contributed by atoms with E-state index >= 15 is 0 Å². The minimum atomic E-state index is -4.56. The van der Waals surface area contributed by atoms with Crippen LogP contribution in [0.1, 0.15) is 23.7 Å². The Kier molecular flexibility index (Phi) is 5.41. The molecule has 0 unspecified atom stereocenters. The van der Waals surface area contributed by atoms with Gasteiger partial charge in [-0.1, -0.05) is 23.2 Å². The van der Waals surface area contributed by atoms with Crippen LogP contribution in [0.5, 0.6) is 5.75 Å². The van der Waals surface area contributed by atoms with Crippen LogP contribution in [-0.4, -0.2) is 18.1 Å². The Labute approximate surface area is 153 Å². The number of rotatable bonds is 4. The largest absolute Gasteiger partial charge is 0.485 e. The van der Waals surface area contributed by atoms with Crippen molar-refractivity contribution in [2.75, 3.05) is 13.1 Å². The van der Waals surface area contributed by atoms with Crippen molar-refractivity contribution in [3.8, 4) is 5.75 Å². The molecule has 0 radical (unpaired) electrons. The zero-order chi connectivity index (χ0) is 18.0. The van der Waals surface area contributed by atoms with E-state index in [1.165, 1.54) is 18.3 Å². The van der Waals surface area contributed by atoms with Gasteiger partial charge in [-0.15, -0.1) is 0 Å². The Morgan fingerprint density at radius 3 is 2.60 bits per heavy atom. The molecular weight excluding hydrogens is 376 g/mol. The molecule has 2 aromatic rings. The van der Waals surface area contributed by atoms with Crippen molar-refractivity contribution in [2.24, 2.45) is 5.92 Å². The molecule has 0 amide bonds. The monoisotopic (exact) mass is 390 g/mol. The summed E-state index contributed by atoms with van der Waals surface area (Å²) in [4.78, 5) is 4.03. The third-order valence-corrected chi connectivity index (χ3v) is 4.52. The standard InChI is InChI=1S/C17H15Cl2F3N2O/c18-12-1-2-15(14(6-12)17(20,21)22)25-16(10-3-4-23-7-10)11-5-13(19)9-24-8-11/h1-2,5-6,8-10,16,23H,3-4,7H2/t10-,16+/m1/s1. The molecule has 0 spiro atoms. The normalized spacial score (nSPS) is 19.0. The van der Waals surface area contributed by atoms with Crippen molar-refractivity contribution in [1.82, 2.24) is 10.3 Å². The van der Waals surface area contributed by atoms with Crippen LogP contribution < -0.4 is 10.1 Å². The van der Waals surface area contributed by atoms with Crippen molar-refractivity contribution in [3.63, 3.8) is 0 Å². The maximum Gasteiger partial charge on any atom is 0.420 e. The fourth-order valence-electron chi connectivity index (χ4n) is 2.92. The molecule has 1 aliphatic heterocycles. The Morgan fingerprint density at radius 2 is 1.96 bits per heavy atom. The molecule has 1 saturated heterocycles. The summed E-state index contributed by atoms with van der Waals surface area (Å²) in [7, 11) is 0. The summed E-state index contributed by atoms with van der Waals surface area (Å²) in [5.74, 6) is -0.245. The second-order valence-corrected chi connectivity index (χ2v) is 6.74. The van der Waals surface area contributed by atoms with E-state index in [9.17, 15) is 13.2 Å². The van der Waals surface area contributed by atoms with Gasteiger partial charge in [0.2, 0.25) is 0 Å². The first-order valence-corrected chi connectivity index (χ1v) is 8.45. The summed E-state index contributed by atoms with van der Waals surface area (Å²) < 4.78 is 45.8. The average Bonchev–Trinajstić information content (AvgIpc) is 3.07. The number of pyridine rings is 1. The lowest BCUT2D eigenvalue weighted by molar-refractivity contribution is -0.139. The molecule has 0 saturated carbocycles. The second-order valence-electron chi connectivity index (χ2n) is 5.87. The fourth-order valence-corrected chi connectivity index (χ4v) is 3.27. The lowest BCUT2D eigenvalue weighted by Crippen LogP contribution is -2.22. The first-order chi connectivity index (χ1) is 11.8. The number of alkyl halides is 3. The molecule has 25 heavy (non-hydrogen) atoms. The van der Waals surface area contributed by atoms with Gasteiger partial charge >= 0.3 is 6.18 Å². The molecule has 0 aliphatic carbocycles. The van der Waals surface area contributed by atoms with Crippen LogP contribution in [0.3, 0.4) is 0 Å². The number of hydrogen-bond acceptors (Lipinski definition) is 3. The summed E-state index contributed by atoms with van der Waals surface area (Å²) in [6.45, 7) is 1.43. The Balaban J connectivity index is 1.99. The van der Waals surface area contributed by atoms with E-state index in [-0.39, 0.29) is 16.7 Å². The lowest BCUT2D eigenvalue weighted by atomic mass is 9.95. The van der Waals surface area contributed by atoms with Gasteiger partial charge in [-0.3, -0.25) is 4.98 Å². The smallest absolute Gasteiger partial charge is 0.420 e. The molecule has 1 aromatic heterocycles. The van der Waals surface area contributed by atoms with Crippen molar-refractivity contribution in [1.29, 1.82) is 0 Å². The van der Waals surface area contributed by atoms with Gasteiger partial charge in [-0.25, -0.2) is 0 Å². The Bertz CT molecular complexity index is 749. The maximum absolute atomic E-state index is 13.3. The molecule has 3 rings (SSSR count). The van der Waals surface area contributed by atoms with Gasteiger partial charge in [0, 0.05) is 35.4 Å². The highest BCUT2D eigenvalue weighted by Gasteiger charge is 2.37. The van der Waals surface area contributed by atoms with Gasteiger partial charge in [0.05, 0.1) is 10.6 Å². The molecule has 1 aromatic carbocycles. The minimum Gasteiger partial charge on any atom is -0.485 e. The molecule has 1 aliphatic rings. The molecule has 2 heterocycles. The van der Waals surface area contributed by atoms with E-state index < -0.39 is 17.8 Å². The highest BCUT2D eigenvalue weighted by molar-refractivity contribution is 6.30. The molecule has 1 fully saturated rings. The summed E-state index contributed by atoms with van der Waals surface area (Å²) in [5, 5.41) is 3.61. The third-order valence-electron chi connectivity index (χ3n) is 4.08. The highest BCUT2D eigenvalue weighted by Crippen LogP contribution is 2.41. The molecule has 3 nitrogen and oxygen atoms in total. The van der Waals surface area contributed by atoms with Crippen LogP contribution in [0.15, 0.2) is 36.7 Å². The third kappa shape index (κ3) is 4.37. The summed E-state index contributed by atoms with van der Waals surface area (Å²) in [6.07, 6.45) is -1.34. The lowest BCUT2D eigenvalue weighted by Gasteiger charge is -2.26. The number of benzene rings is 1. The second kappa shape index (κ2) is 7.40. The quantitative estimate of drug-likeness (QED) is 0.784. The predicted octanol–water partition coefficient (Wildman–Crippen LogP) is 5.14. The fraction of sp³-hybridized carbons (Fsp3) is 0.353. The average molecular weight is 391 g/mol. The highest BCUT2D eigenvalue weighted by atomic mass is 35.5. The number of halogens is 5. The van der Waals surface area contributed by atoms with Crippen molar-refractivity contribution >= 4 is 23.2 Å². The van der Waals surface area contributed by atoms with Crippen molar-refractivity contribution in [2.45, 2.75) is 18.7 Å². The van der Waals surface area contributed by atoms with E-state index in [4.69, 9.17) is 27.9 Å². The van der Waals surface area contributed by atoms with Crippen LogP contribution >= 0.6 is 23.2 Å². The van der Waals surface area contributed by atoms with E-state index in [0.717, 1.165) is 19.0 Å². The van der Waals surface area contributed by atoms with E-state index in [2.05, 4.69) is 10.3 Å². The molecule has 0 bridgehead atoms. The number of ether oxygens (including phenoxy) is 1. The first-order valence-electron chi connectivity index (χ1n) is 7.69. The number of aromatic nitrogens is 1. The minimum absolute atomic E-state index is 0.00294.